The van der Waals surface area contributed by atoms with Crippen molar-refractivity contribution in [2.75, 3.05) is 26.4 Å². The van der Waals surface area contributed by atoms with Crippen LogP contribution in [0.15, 0.2) is 36.5 Å². The first-order valence-corrected chi connectivity index (χ1v) is 24.6. The molecule has 1 fully saturated rings. The van der Waals surface area contributed by atoms with Gasteiger partial charge >= 0.3 is 19.8 Å². The summed E-state index contributed by atoms with van der Waals surface area (Å²) in [6.45, 7) is 1.81. The number of aliphatic hydroxyl groups is 5. The Labute approximate surface area is 365 Å². The van der Waals surface area contributed by atoms with Crippen LogP contribution in [0, 0.1) is 11.8 Å². The molecule has 0 spiro atoms. The van der Waals surface area contributed by atoms with Crippen molar-refractivity contribution < 1.29 is 67.9 Å². The number of rotatable bonds is 39. The molecule has 0 heterocycles. The second kappa shape index (κ2) is 36.1. The average Bonchev–Trinajstić information content (AvgIpc) is 3.49. The van der Waals surface area contributed by atoms with E-state index in [1.807, 2.05) is 0 Å². The first-order valence-electron chi connectivity index (χ1n) is 23.1. The van der Waals surface area contributed by atoms with Crippen LogP contribution in [0.5, 0.6) is 0 Å². The van der Waals surface area contributed by atoms with Crippen LogP contribution in [0.1, 0.15) is 168 Å². The molecule has 6 N–H and O–H groups in total. The van der Waals surface area contributed by atoms with E-state index in [1.54, 1.807) is 12.2 Å². The van der Waals surface area contributed by atoms with E-state index in [4.69, 9.17) is 19.1 Å². The number of ketones is 1. The van der Waals surface area contributed by atoms with Gasteiger partial charge in [-0.25, -0.2) is 4.57 Å². The fraction of sp³-hybridized carbons (Fsp3) is 0.804. The maximum absolute atomic E-state index is 12.9. The molecule has 0 aromatic rings. The molecule has 1 aliphatic rings. The van der Waals surface area contributed by atoms with Crippen molar-refractivity contribution in [1.82, 2.24) is 0 Å². The second-order valence-electron chi connectivity index (χ2n) is 16.4. The predicted octanol–water partition coefficient (Wildman–Crippen LogP) is 7.90. The number of allylic oxidation sites excluding steroid dienone is 4. The van der Waals surface area contributed by atoms with Gasteiger partial charge in [0.25, 0.3) is 0 Å². The Morgan fingerprint density at radius 1 is 0.705 bits per heavy atom. The summed E-state index contributed by atoms with van der Waals surface area (Å²) in [5, 5.41) is 49.7. The zero-order valence-corrected chi connectivity index (χ0v) is 38.1. The Bertz CT molecular complexity index is 1290. The van der Waals surface area contributed by atoms with Crippen molar-refractivity contribution in [3.05, 3.63) is 36.5 Å². The maximum atomic E-state index is 12.9. The molecule has 0 aliphatic heterocycles. The van der Waals surface area contributed by atoms with Crippen molar-refractivity contribution >= 4 is 25.5 Å². The SMILES string of the molecule is CCCCC/C=C\C/C=C\CCCCCCCCCC(=O)OC[C@H](COP(=O)(O)OC[C@@H](O)CO)OC(=O)CCCCC(=O)C[C@@H]1[C@@H](/C=C/[C@@H](O)CCCCC)[C@H](O)C[C@@H]1O. The number of aliphatic hydroxyl groups excluding tert-OH is 5. The van der Waals surface area contributed by atoms with E-state index in [1.165, 1.54) is 19.3 Å². The van der Waals surface area contributed by atoms with E-state index in [2.05, 4.69) is 42.7 Å². The minimum Gasteiger partial charge on any atom is -0.462 e. The molecular weight excluding hydrogens is 807 g/mol. The van der Waals surface area contributed by atoms with E-state index in [0.717, 1.165) is 77.0 Å². The first-order chi connectivity index (χ1) is 29.3. The van der Waals surface area contributed by atoms with Gasteiger partial charge in [-0.15, -0.1) is 0 Å². The molecule has 1 unspecified atom stereocenters. The Kier molecular flexibility index (Phi) is 33.6. The highest BCUT2D eigenvalue weighted by atomic mass is 31.2. The molecule has 1 rings (SSSR count). The van der Waals surface area contributed by atoms with Crippen molar-refractivity contribution in [2.45, 2.75) is 198 Å². The van der Waals surface area contributed by atoms with Crippen LogP contribution in [0.3, 0.4) is 0 Å². The molecule has 14 nitrogen and oxygen atoms in total. The summed E-state index contributed by atoms with van der Waals surface area (Å²) in [4.78, 5) is 48.1. The Hall–Kier alpha value is -2.26. The molecule has 0 radical (unpaired) electrons. The zero-order chi connectivity index (χ0) is 45.1. The number of Topliss-reactive ketones (excluding diaryl/α,β-unsaturated/α-hetero) is 1. The molecule has 61 heavy (non-hydrogen) atoms. The monoisotopic (exact) mass is 889 g/mol. The van der Waals surface area contributed by atoms with Crippen LogP contribution < -0.4 is 0 Å². The number of carbonyl (C=O) groups is 3. The number of phosphoric acid groups is 1. The van der Waals surface area contributed by atoms with Crippen LogP contribution in [0.25, 0.3) is 0 Å². The third-order valence-corrected chi connectivity index (χ3v) is 11.7. The lowest BCUT2D eigenvalue weighted by Crippen LogP contribution is -2.30. The van der Waals surface area contributed by atoms with Gasteiger partial charge in [-0.05, 0) is 57.8 Å². The fourth-order valence-electron chi connectivity index (χ4n) is 7.08. The highest BCUT2D eigenvalue weighted by molar-refractivity contribution is 7.47. The number of hydrogen-bond acceptors (Lipinski definition) is 13. The van der Waals surface area contributed by atoms with Crippen molar-refractivity contribution in [1.29, 1.82) is 0 Å². The summed E-state index contributed by atoms with van der Waals surface area (Å²) in [7, 11) is -4.73. The third kappa shape index (κ3) is 30.5. The molecule has 8 atom stereocenters. The summed E-state index contributed by atoms with van der Waals surface area (Å²) in [6, 6.07) is 0. The molecule has 0 aromatic heterocycles. The van der Waals surface area contributed by atoms with E-state index in [0.29, 0.717) is 19.3 Å². The van der Waals surface area contributed by atoms with E-state index < -0.39 is 88.5 Å². The fourth-order valence-corrected chi connectivity index (χ4v) is 7.87. The van der Waals surface area contributed by atoms with Crippen molar-refractivity contribution in [3.8, 4) is 0 Å². The van der Waals surface area contributed by atoms with Crippen LogP contribution >= 0.6 is 7.82 Å². The lowest BCUT2D eigenvalue weighted by Gasteiger charge is -2.21. The Balaban J connectivity index is 2.47. The highest BCUT2D eigenvalue weighted by Crippen LogP contribution is 2.43. The standard InChI is InChI=1S/C46H81O14P/c1-3-5-7-8-9-10-11-12-13-14-15-16-17-18-19-20-22-27-45(53)57-35-40(36-59-61(55,56)58-34-39(50)33-47)60-46(54)28-24-23-26-38(49)31-42-41(43(51)32-44(42)52)30-29-37(48)25-21-6-4-2/h9-10,12-13,29-30,37,39-44,47-48,50-52H,3-8,11,14-28,31-36H2,1-2H3,(H,55,56)/b10-9-,13-12-,30-29+/t37-,39-,40+,41+,42+,43+,44-/m0/s1. The number of carbonyl (C=O) groups excluding carboxylic acids is 3. The van der Waals surface area contributed by atoms with Gasteiger partial charge in [0.15, 0.2) is 6.10 Å². The molecule has 1 aliphatic carbocycles. The zero-order valence-electron chi connectivity index (χ0n) is 37.2. The minimum absolute atomic E-state index is 0.0446. The lowest BCUT2D eigenvalue weighted by molar-refractivity contribution is -0.161. The largest absolute Gasteiger partial charge is 0.472 e. The van der Waals surface area contributed by atoms with Gasteiger partial charge in [0.2, 0.25) is 0 Å². The summed E-state index contributed by atoms with van der Waals surface area (Å²) in [5.41, 5.74) is 0. The number of hydrogen-bond donors (Lipinski definition) is 6. The molecule has 0 bridgehead atoms. The van der Waals surface area contributed by atoms with Crippen LogP contribution in [0.2, 0.25) is 0 Å². The molecular formula is C46H81O14P. The Morgan fingerprint density at radius 2 is 1.28 bits per heavy atom. The van der Waals surface area contributed by atoms with Gasteiger partial charge < -0.3 is 39.9 Å². The summed E-state index contributed by atoms with van der Waals surface area (Å²) >= 11 is 0. The van der Waals surface area contributed by atoms with Crippen molar-refractivity contribution in [2.24, 2.45) is 11.8 Å². The summed E-state index contributed by atoms with van der Waals surface area (Å²) < 4.78 is 32.6. The Morgan fingerprint density at radius 3 is 1.95 bits per heavy atom. The number of phosphoric ester groups is 1. The van der Waals surface area contributed by atoms with Crippen LogP contribution in [-0.4, -0.2) is 105 Å². The molecule has 0 saturated heterocycles. The number of esters is 2. The third-order valence-electron chi connectivity index (χ3n) is 10.7. The normalized spacial score (nSPS) is 20.7. The summed E-state index contributed by atoms with van der Waals surface area (Å²) in [6.07, 6.45) is 25.9. The highest BCUT2D eigenvalue weighted by Gasteiger charge is 2.41. The number of ether oxygens (including phenoxy) is 2. The molecule has 0 amide bonds. The van der Waals surface area contributed by atoms with Gasteiger partial charge in [0.05, 0.1) is 38.1 Å². The first kappa shape index (κ1) is 56.8. The molecule has 15 heteroatoms. The van der Waals surface area contributed by atoms with Crippen LogP contribution in [-0.2, 0) is 37.5 Å². The van der Waals surface area contributed by atoms with Crippen LogP contribution in [0.4, 0.5) is 0 Å². The van der Waals surface area contributed by atoms with Gasteiger partial charge in [-0.3, -0.25) is 23.4 Å². The number of unbranched alkanes of at least 4 members (excludes halogenated alkanes) is 13. The topological polar surface area (TPSA) is 227 Å². The lowest BCUT2D eigenvalue weighted by atomic mass is 9.87. The summed E-state index contributed by atoms with van der Waals surface area (Å²) in [5.74, 6) is -2.30. The second-order valence-corrected chi connectivity index (χ2v) is 17.8. The van der Waals surface area contributed by atoms with E-state index in [9.17, 15) is 44.3 Å². The van der Waals surface area contributed by atoms with E-state index in [-0.39, 0.29) is 44.3 Å². The quantitative estimate of drug-likeness (QED) is 0.0149. The maximum Gasteiger partial charge on any atom is 0.472 e. The molecule has 0 aromatic carbocycles. The average molecular weight is 889 g/mol. The van der Waals surface area contributed by atoms with E-state index >= 15 is 0 Å². The van der Waals surface area contributed by atoms with Gasteiger partial charge in [-0.1, -0.05) is 115 Å². The predicted molar refractivity (Wildman–Crippen MR) is 235 cm³/mol. The molecule has 1 saturated carbocycles. The smallest absolute Gasteiger partial charge is 0.462 e. The van der Waals surface area contributed by atoms with Gasteiger partial charge in [0.1, 0.15) is 18.5 Å². The van der Waals surface area contributed by atoms with Gasteiger partial charge in [0, 0.05) is 43.9 Å². The molecule has 354 valence electrons. The minimum atomic E-state index is -4.73. The van der Waals surface area contributed by atoms with Gasteiger partial charge in [-0.2, -0.15) is 0 Å². The van der Waals surface area contributed by atoms with Crippen molar-refractivity contribution in [3.63, 3.8) is 0 Å².